The average molecular weight is 289 g/mol. The van der Waals surface area contributed by atoms with Gasteiger partial charge in [0.15, 0.2) is 16.4 Å². The van der Waals surface area contributed by atoms with Gasteiger partial charge in [0.1, 0.15) is 0 Å². The van der Waals surface area contributed by atoms with Gasteiger partial charge in [-0.3, -0.25) is 14.4 Å². The highest BCUT2D eigenvalue weighted by Crippen LogP contribution is 2.33. The lowest BCUT2D eigenvalue weighted by Gasteiger charge is -2.27. The number of methoxy groups -OCH3 is 1. The van der Waals surface area contributed by atoms with Crippen LogP contribution in [0.15, 0.2) is 0 Å². The third-order valence-corrected chi connectivity index (χ3v) is 4.18. The van der Waals surface area contributed by atoms with Crippen molar-refractivity contribution in [2.24, 2.45) is 0 Å². The maximum Gasteiger partial charge on any atom is 0.305 e. The lowest BCUT2D eigenvalue weighted by atomic mass is 9.82. The molecule has 0 aliphatic heterocycles. The maximum absolute atomic E-state index is 11.8. The molecule has 0 radical (unpaired) electrons. The zero-order valence-corrected chi connectivity index (χ0v) is 12.1. The van der Waals surface area contributed by atoms with Gasteiger partial charge in [0, 0.05) is 19.3 Å². The lowest BCUT2D eigenvalue weighted by Crippen LogP contribution is -2.44. The second-order valence-corrected chi connectivity index (χ2v) is 5.64. The van der Waals surface area contributed by atoms with Gasteiger partial charge in [-0.05, 0) is 19.3 Å². The molecule has 4 nitrogen and oxygen atoms in total. The van der Waals surface area contributed by atoms with E-state index in [1.807, 2.05) is 0 Å². The molecule has 0 spiro atoms. The standard InChI is InChI=1S/C14H21ClO4/c1-19-13(18)9-4-2-3-5-10-14(15)11(16)7-6-8-12(14)17/h2-10H2,1H3. The van der Waals surface area contributed by atoms with Crippen molar-refractivity contribution in [1.29, 1.82) is 0 Å². The molecular weight excluding hydrogens is 268 g/mol. The van der Waals surface area contributed by atoms with E-state index in [-0.39, 0.29) is 17.5 Å². The number of Topliss-reactive ketones (excluding diaryl/α,β-unsaturated/α-hetero) is 2. The molecule has 1 aliphatic rings. The summed E-state index contributed by atoms with van der Waals surface area (Å²) >= 11 is 6.19. The van der Waals surface area contributed by atoms with E-state index in [4.69, 9.17) is 11.6 Å². The number of ketones is 2. The SMILES string of the molecule is COC(=O)CCCCCCC1(Cl)C(=O)CCCC1=O. The van der Waals surface area contributed by atoms with Crippen LogP contribution in [-0.4, -0.2) is 29.5 Å². The first-order valence-electron chi connectivity index (χ1n) is 6.83. The van der Waals surface area contributed by atoms with Crippen LogP contribution in [0, 0.1) is 0 Å². The molecule has 0 N–H and O–H groups in total. The molecule has 0 aromatic carbocycles. The van der Waals surface area contributed by atoms with Crippen molar-refractivity contribution in [2.45, 2.75) is 62.7 Å². The topological polar surface area (TPSA) is 60.4 Å². The van der Waals surface area contributed by atoms with E-state index in [1.165, 1.54) is 7.11 Å². The number of ether oxygens (including phenoxy) is 1. The fourth-order valence-corrected chi connectivity index (χ4v) is 2.66. The van der Waals surface area contributed by atoms with Crippen molar-refractivity contribution in [2.75, 3.05) is 7.11 Å². The number of carbonyl (C=O) groups is 3. The number of rotatable bonds is 7. The zero-order valence-electron chi connectivity index (χ0n) is 11.4. The first-order valence-corrected chi connectivity index (χ1v) is 7.21. The molecule has 1 fully saturated rings. The van der Waals surface area contributed by atoms with Crippen molar-refractivity contribution >= 4 is 29.1 Å². The molecule has 0 aromatic heterocycles. The van der Waals surface area contributed by atoms with Gasteiger partial charge in [-0.25, -0.2) is 0 Å². The summed E-state index contributed by atoms with van der Waals surface area (Å²) in [5.74, 6) is -0.452. The van der Waals surface area contributed by atoms with Crippen molar-refractivity contribution < 1.29 is 19.1 Å². The summed E-state index contributed by atoms with van der Waals surface area (Å²) in [7, 11) is 1.37. The quantitative estimate of drug-likeness (QED) is 0.313. The van der Waals surface area contributed by atoms with Crippen molar-refractivity contribution in [1.82, 2.24) is 0 Å². The van der Waals surface area contributed by atoms with Gasteiger partial charge in [0.2, 0.25) is 0 Å². The second kappa shape index (κ2) is 7.63. The van der Waals surface area contributed by atoms with Gasteiger partial charge >= 0.3 is 5.97 Å². The zero-order chi connectivity index (χ0) is 14.3. The van der Waals surface area contributed by atoms with E-state index in [0.29, 0.717) is 32.1 Å². The Labute approximate surface area is 118 Å². The average Bonchev–Trinajstić information content (AvgIpc) is 2.40. The molecule has 0 bridgehead atoms. The van der Waals surface area contributed by atoms with Gasteiger partial charge < -0.3 is 4.74 Å². The van der Waals surface area contributed by atoms with Crippen molar-refractivity contribution in [3.8, 4) is 0 Å². The summed E-state index contributed by atoms with van der Waals surface area (Å²) in [5.41, 5.74) is 0. The minimum atomic E-state index is -1.26. The van der Waals surface area contributed by atoms with Crippen LogP contribution in [-0.2, 0) is 19.1 Å². The summed E-state index contributed by atoms with van der Waals surface area (Å²) in [6.07, 6.45) is 5.55. The predicted molar refractivity (Wildman–Crippen MR) is 72.2 cm³/mol. The number of esters is 1. The third kappa shape index (κ3) is 4.60. The molecule has 0 heterocycles. The van der Waals surface area contributed by atoms with Gasteiger partial charge in [0.25, 0.3) is 0 Å². The number of halogens is 1. The Morgan fingerprint density at radius 2 is 1.74 bits per heavy atom. The number of hydrogen-bond donors (Lipinski definition) is 0. The number of hydrogen-bond acceptors (Lipinski definition) is 4. The highest BCUT2D eigenvalue weighted by atomic mass is 35.5. The van der Waals surface area contributed by atoms with Crippen molar-refractivity contribution in [3.63, 3.8) is 0 Å². The first-order chi connectivity index (χ1) is 9.00. The Kier molecular flexibility index (Phi) is 6.49. The Hall–Kier alpha value is -0.900. The van der Waals surface area contributed by atoms with Crippen LogP contribution in [0.25, 0.3) is 0 Å². The third-order valence-electron chi connectivity index (χ3n) is 3.57. The maximum atomic E-state index is 11.8. The van der Waals surface area contributed by atoms with Crippen LogP contribution in [0.5, 0.6) is 0 Å². The molecule has 0 aromatic rings. The number of carbonyl (C=O) groups excluding carboxylic acids is 3. The Bertz CT molecular complexity index is 335. The molecule has 0 saturated heterocycles. The van der Waals surface area contributed by atoms with E-state index in [2.05, 4.69) is 4.74 Å². The summed E-state index contributed by atoms with van der Waals surface area (Å²) in [6, 6.07) is 0. The van der Waals surface area contributed by atoms with Gasteiger partial charge in [-0.15, -0.1) is 11.6 Å². The molecule has 0 amide bonds. The fourth-order valence-electron chi connectivity index (χ4n) is 2.33. The van der Waals surface area contributed by atoms with E-state index in [9.17, 15) is 14.4 Å². The summed E-state index contributed by atoms with van der Waals surface area (Å²) in [5, 5.41) is 0. The molecule has 0 atom stereocenters. The number of unbranched alkanes of at least 4 members (excludes halogenated alkanes) is 3. The Balaban J connectivity index is 2.22. The highest BCUT2D eigenvalue weighted by molar-refractivity contribution is 6.47. The van der Waals surface area contributed by atoms with Crippen LogP contribution in [0.2, 0.25) is 0 Å². The molecule has 1 rings (SSSR count). The molecule has 1 saturated carbocycles. The van der Waals surface area contributed by atoms with E-state index < -0.39 is 4.87 Å². The Morgan fingerprint density at radius 3 is 2.32 bits per heavy atom. The minimum Gasteiger partial charge on any atom is -0.469 e. The van der Waals surface area contributed by atoms with Crippen LogP contribution < -0.4 is 0 Å². The van der Waals surface area contributed by atoms with E-state index >= 15 is 0 Å². The molecule has 19 heavy (non-hydrogen) atoms. The fraction of sp³-hybridized carbons (Fsp3) is 0.786. The molecule has 1 aliphatic carbocycles. The van der Waals surface area contributed by atoms with Crippen molar-refractivity contribution in [3.05, 3.63) is 0 Å². The van der Waals surface area contributed by atoms with Crippen LogP contribution >= 0.6 is 11.6 Å². The number of alkyl halides is 1. The monoisotopic (exact) mass is 288 g/mol. The molecule has 108 valence electrons. The lowest BCUT2D eigenvalue weighted by molar-refractivity contribution is -0.140. The summed E-state index contributed by atoms with van der Waals surface area (Å²) in [6.45, 7) is 0. The van der Waals surface area contributed by atoms with Gasteiger partial charge in [-0.1, -0.05) is 19.3 Å². The van der Waals surface area contributed by atoms with Crippen LogP contribution in [0.3, 0.4) is 0 Å². The normalized spacial score (nSPS) is 18.4. The van der Waals surface area contributed by atoms with E-state index in [1.54, 1.807) is 0 Å². The molecular formula is C14H21ClO4. The molecule has 5 heteroatoms. The van der Waals surface area contributed by atoms with Crippen LogP contribution in [0.1, 0.15) is 57.8 Å². The smallest absolute Gasteiger partial charge is 0.305 e. The van der Waals surface area contributed by atoms with Gasteiger partial charge in [-0.2, -0.15) is 0 Å². The highest BCUT2D eigenvalue weighted by Gasteiger charge is 2.44. The summed E-state index contributed by atoms with van der Waals surface area (Å²) < 4.78 is 4.55. The predicted octanol–water partition coefficient (Wildman–Crippen LogP) is 2.80. The largest absolute Gasteiger partial charge is 0.469 e. The van der Waals surface area contributed by atoms with Crippen LogP contribution in [0.4, 0.5) is 0 Å². The van der Waals surface area contributed by atoms with Gasteiger partial charge in [0.05, 0.1) is 7.11 Å². The second-order valence-electron chi connectivity index (χ2n) is 4.99. The van der Waals surface area contributed by atoms with E-state index in [0.717, 1.165) is 25.7 Å². The first kappa shape index (κ1) is 16.2. The molecule has 0 unspecified atom stereocenters. The summed E-state index contributed by atoms with van der Waals surface area (Å²) in [4.78, 5) is 33.2. The minimum absolute atomic E-state index is 0.125. The Morgan fingerprint density at radius 1 is 1.16 bits per heavy atom.